The lowest BCUT2D eigenvalue weighted by molar-refractivity contribution is -0.133. The first-order chi connectivity index (χ1) is 14.0. The molecule has 2 N–H and O–H groups in total. The number of nitrogens with two attached hydrogens (primary N) is 1. The summed E-state index contributed by atoms with van der Waals surface area (Å²) < 4.78 is 28.1. The van der Waals surface area contributed by atoms with Crippen LogP contribution in [0.15, 0.2) is 54.6 Å². The lowest BCUT2D eigenvalue weighted by Gasteiger charge is -2.35. The Labute approximate surface area is 170 Å². The fourth-order valence-electron chi connectivity index (χ4n) is 4.54. The van der Waals surface area contributed by atoms with Crippen molar-refractivity contribution in [2.45, 2.75) is 50.1 Å². The van der Waals surface area contributed by atoms with E-state index in [1.807, 2.05) is 36.4 Å². The Balaban J connectivity index is 1.64. The van der Waals surface area contributed by atoms with Crippen molar-refractivity contribution in [3.05, 3.63) is 77.4 Å². The van der Waals surface area contributed by atoms with E-state index in [9.17, 15) is 13.6 Å². The Morgan fingerprint density at radius 3 is 2.52 bits per heavy atom. The van der Waals surface area contributed by atoms with E-state index in [2.05, 4.69) is 0 Å². The minimum absolute atomic E-state index is 0.0358. The molecule has 1 saturated carbocycles. The molecule has 1 atom stereocenters. The van der Waals surface area contributed by atoms with Gasteiger partial charge in [0.25, 0.3) is 0 Å². The summed E-state index contributed by atoms with van der Waals surface area (Å²) in [6, 6.07) is 12.8. The van der Waals surface area contributed by atoms with E-state index in [1.54, 1.807) is 4.90 Å². The van der Waals surface area contributed by atoms with Crippen LogP contribution in [0.5, 0.6) is 0 Å². The zero-order valence-corrected chi connectivity index (χ0v) is 16.4. The molecule has 0 saturated heterocycles. The van der Waals surface area contributed by atoms with E-state index >= 15 is 0 Å². The van der Waals surface area contributed by atoms with Crippen molar-refractivity contribution in [1.29, 1.82) is 0 Å². The highest BCUT2D eigenvalue weighted by atomic mass is 19.1. The summed E-state index contributed by atoms with van der Waals surface area (Å²) in [6.45, 7) is 0.245. The number of benzene rings is 2. The Morgan fingerprint density at radius 1 is 1.07 bits per heavy atom. The van der Waals surface area contributed by atoms with Crippen LogP contribution < -0.4 is 5.73 Å². The topological polar surface area (TPSA) is 46.3 Å². The average Bonchev–Trinajstić information content (AvgIpc) is 3.16. The lowest BCUT2D eigenvalue weighted by Crippen LogP contribution is -2.47. The fourth-order valence-corrected chi connectivity index (χ4v) is 4.54. The van der Waals surface area contributed by atoms with Gasteiger partial charge in [0, 0.05) is 24.1 Å². The minimum atomic E-state index is -0.494. The largest absolute Gasteiger partial charge is 0.328 e. The van der Waals surface area contributed by atoms with Gasteiger partial charge >= 0.3 is 0 Å². The number of carbonyl (C=O) groups is 1. The molecule has 1 heterocycles. The Hall–Kier alpha value is -2.53. The van der Waals surface area contributed by atoms with Crippen LogP contribution in [0.3, 0.4) is 0 Å². The quantitative estimate of drug-likeness (QED) is 0.792. The molecule has 3 nitrogen and oxygen atoms in total. The summed E-state index contributed by atoms with van der Waals surface area (Å²) in [7, 11) is 0. The van der Waals surface area contributed by atoms with Crippen LogP contribution in [0.4, 0.5) is 8.78 Å². The third-order valence-electron chi connectivity index (χ3n) is 6.12. The molecule has 1 unspecified atom stereocenters. The number of hydrogen-bond acceptors (Lipinski definition) is 2. The number of hydrogen-bond donors (Lipinski definition) is 1. The molecule has 2 aromatic rings. The van der Waals surface area contributed by atoms with Gasteiger partial charge in [-0.05, 0) is 42.2 Å². The summed E-state index contributed by atoms with van der Waals surface area (Å²) in [5.41, 5.74) is 7.84. The van der Waals surface area contributed by atoms with Crippen molar-refractivity contribution in [2.75, 3.05) is 6.54 Å². The van der Waals surface area contributed by atoms with E-state index in [-0.39, 0.29) is 30.5 Å². The van der Waals surface area contributed by atoms with E-state index in [4.69, 9.17) is 5.73 Å². The molecule has 1 fully saturated rings. The van der Waals surface area contributed by atoms with Crippen LogP contribution in [0.25, 0.3) is 5.57 Å². The van der Waals surface area contributed by atoms with Crippen LogP contribution in [0.1, 0.15) is 55.7 Å². The number of halogens is 2. The molecule has 1 aliphatic heterocycles. The van der Waals surface area contributed by atoms with Gasteiger partial charge in [0.15, 0.2) is 0 Å². The van der Waals surface area contributed by atoms with Crippen molar-refractivity contribution < 1.29 is 13.6 Å². The van der Waals surface area contributed by atoms with Gasteiger partial charge in [-0.2, -0.15) is 0 Å². The maximum atomic E-state index is 14.4. The first kappa shape index (κ1) is 19.8. The molecule has 0 aromatic heterocycles. The molecule has 152 valence electrons. The summed E-state index contributed by atoms with van der Waals surface area (Å²) in [5.74, 6) is -1.01. The van der Waals surface area contributed by atoms with Crippen LogP contribution in [0, 0.1) is 11.6 Å². The number of rotatable bonds is 4. The fraction of sp³-hybridized carbons (Fsp3) is 0.375. The third kappa shape index (κ3) is 4.25. The maximum Gasteiger partial charge on any atom is 0.225 e. The first-order valence-electron chi connectivity index (χ1n) is 10.2. The van der Waals surface area contributed by atoms with Gasteiger partial charge in [0.05, 0.1) is 6.04 Å². The molecule has 29 heavy (non-hydrogen) atoms. The van der Waals surface area contributed by atoms with Gasteiger partial charge in [0.1, 0.15) is 11.6 Å². The van der Waals surface area contributed by atoms with Gasteiger partial charge < -0.3 is 10.6 Å². The second kappa shape index (κ2) is 8.07. The molecule has 0 spiro atoms. The minimum Gasteiger partial charge on any atom is -0.328 e. The Bertz CT molecular complexity index is 920. The third-order valence-corrected chi connectivity index (χ3v) is 6.12. The van der Waals surface area contributed by atoms with Crippen molar-refractivity contribution in [2.24, 2.45) is 5.73 Å². The zero-order valence-electron chi connectivity index (χ0n) is 16.4. The predicted octanol–water partition coefficient (Wildman–Crippen LogP) is 4.98. The van der Waals surface area contributed by atoms with Crippen LogP contribution >= 0.6 is 0 Å². The molecule has 5 heteroatoms. The summed E-state index contributed by atoms with van der Waals surface area (Å²) in [6.07, 6.45) is 7.10. The number of carbonyl (C=O) groups excluding carboxylic acids is 1. The number of nitrogens with zero attached hydrogens (tertiary/aromatic N) is 1. The molecule has 0 bridgehead atoms. The van der Waals surface area contributed by atoms with E-state index in [1.165, 1.54) is 6.07 Å². The van der Waals surface area contributed by atoms with Gasteiger partial charge in [-0.25, -0.2) is 8.78 Å². The van der Waals surface area contributed by atoms with Crippen molar-refractivity contribution in [3.63, 3.8) is 0 Å². The van der Waals surface area contributed by atoms with Crippen molar-refractivity contribution >= 4 is 11.5 Å². The lowest BCUT2D eigenvalue weighted by atomic mass is 9.80. The summed E-state index contributed by atoms with van der Waals surface area (Å²) in [5, 5.41) is 0. The smallest absolute Gasteiger partial charge is 0.225 e. The molecule has 1 amide bonds. The molecular weight excluding hydrogens is 370 g/mol. The molecular formula is C24H26F2N2O. The SMILES string of the molecule is NC1(CC(=O)N2CC(c3cc(F)ccc3F)=CC2c2ccccc2)CCCCC1. The number of amides is 1. The van der Waals surface area contributed by atoms with Crippen molar-refractivity contribution in [3.8, 4) is 0 Å². The second-order valence-electron chi connectivity index (χ2n) is 8.29. The normalized spacial score (nSPS) is 21.1. The zero-order chi connectivity index (χ0) is 20.4. The molecule has 0 radical (unpaired) electrons. The van der Waals surface area contributed by atoms with Crippen LogP contribution in [0.2, 0.25) is 0 Å². The molecule has 2 aliphatic rings. The van der Waals surface area contributed by atoms with Gasteiger partial charge in [-0.15, -0.1) is 0 Å². The van der Waals surface area contributed by atoms with Gasteiger partial charge in [-0.1, -0.05) is 55.7 Å². The van der Waals surface area contributed by atoms with E-state index < -0.39 is 17.2 Å². The van der Waals surface area contributed by atoms with E-state index in [0.29, 0.717) is 5.57 Å². The van der Waals surface area contributed by atoms with Crippen LogP contribution in [-0.2, 0) is 4.79 Å². The first-order valence-corrected chi connectivity index (χ1v) is 10.2. The standard InChI is InChI=1S/C24H26F2N2O/c25-19-9-10-21(26)20(14-19)18-13-22(17-7-3-1-4-8-17)28(16-18)23(29)15-24(27)11-5-2-6-12-24/h1,3-4,7-10,13-14,22H,2,5-6,11-12,15-16,27H2. The average molecular weight is 396 g/mol. The van der Waals surface area contributed by atoms with E-state index in [0.717, 1.165) is 49.8 Å². The van der Waals surface area contributed by atoms with Crippen molar-refractivity contribution in [1.82, 2.24) is 4.90 Å². The second-order valence-corrected chi connectivity index (χ2v) is 8.29. The van der Waals surface area contributed by atoms with Gasteiger partial charge in [0.2, 0.25) is 5.91 Å². The maximum absolute atomic E-state index is 14.4. The van der Waals surface area contributed by atoms with Crippen LogP contribution in [-0.4, -0.2) is 22.9 Å². The molecule has 4 rings (SSSR count). The Morgan fingerprint density at radius 2 is 1.79 bits per heavy atom. The highest BCUT2D eigenvalue weighted by molar-refractivity contribution is 5.84. The highest BCUT2D eigenvalue weighted by Gasteiger charge is 2.36. The van der Waals surface area contributed by atoms with Gasteiger partial charge in [-0.3, -0.25) is 4.79 Å². The monoisotopic (exact) mass is 396 g/mol. The predicted molar refractivity (Wildman–Crippen MR) is 110 cm³/mol. The molecule has 2 aromatic carbocycles. The highest BCUT2D eigenvalue weighted by Crippen LogP contribution is 2.38. The molecule has 1 aliphatic carbocycles. The summed E-state index contributed by atoms with van der Waals surface area (Å²) in [4.78, 5) is 15.0. The summed E-state index contributed by atoms with van der Waals surface area (Å²) >= 11 is 0. The Kier molecular flexibility index (Phi) is 5.50.